The van der Waals surface area contributed by atoms with Gasteiger partial charge in [0.05, 0.1) is 25.4 Å². The molecule has 0 spiro atoms. The van der Waals surface area contributed by atoms with E-state index in [2.05, 4.69) is 67.8 Å². The van der Waals surface area contributed by atoms with Crippen LogP contribution in [0.4, 0.5) is 0 Å². The van der Waals surface area contributed by atoms with Gasteiger partial charge in [0.1, 0.15) is 0 Å². The van der Waals surface area contributed by atoms with Gasteiger partial charge in [-0.1, -0.05) is 248 Å². The molecule has 0 aliphatic rings. The Morgan fingerprint density at radius 1 is 0.426 bits per heavy atom. The van der Waals surface area contributed by atoms with Crippen LogP contribution >= 0.6 is 0 Å². The van der Waals surface area contributed by atoms with E-state index in [4.69, 9.17) is 4.74 Å². The van der Waals surface area contributed by atoms with Crippen molar-refractivity contribution in [2.75, 3.05) is 13.2 Å². The number of ether oxygens (including phenoxy) is 1. The van der Waals surface area contributed by atoms with Gasteiger partial charge in [-0.15, -0.1) is 0 Å². The maximum absolute atomic E-state index is 12.5. The first kappa shape index (κ1) is 65.6. The summed E-state index contributed by atoms with van der Waals surface area (Å²) in [6.45, 7) is 4.82. The number of hydrogen-bond acceptors (Lipinski definition) is 5. The van der Waals surface area contributed by atoms with E-state index in [1.54, 1.807) is 6.08 Å². The Hall–Kier alpha value is -2.44. The molecule has 0 aromatic carbocycles. The van der Waals surface area contributed by atoms with Crippen molar-refractivity contribution in [1.29, 1.82) is 0 Å². The molecule has 0 saturated carbocycles. The molecule has 0 heterocycles. The molecule has 6 nitrogen and oxygen atoms in total. The van der Waals surface area contributed by atoms with Crippen LogP contribution in [0.2, 0.25) is 0 Å². The van der Waals surface area contributed by atoms with Crippen LogP contribution in [0, 0.1) is 0 Å². The summed E-state index contributed by atoms with van der Waals surface area (Å²) in [6.07, 6.45) is 73.8. The van der Waals surface area contributed by atoms with Crippen molar-refractivity contribution in [2.45, 2.75) is 309 Å². The monoisotopic (exact) mass is 952 g/mol. The van der Waals surface area contributed by atoms with E-state index in [0.717, 1.165) is 83.5 Å². The highest BCUT2D eigenvalue weighted by Crippen LogP contribution is 2.16. The van der Waals surface area contributed by atoms with E-state index in [9.17, 15) is 19.8 Å². The Bertz CT molecular complexity index is 1190. The Balaban J connectivity index is 3.56. The first-order chi connectivity index (χ1) is 33.5. The smallest absolute Gasteiger partial charge is 0.305 e. The quantitative estimate of drug-likeness (QED) is 0.0244. The highest BCUT2D eigenvalue weighted by molar-refractivity contribution is 5.76. The van der Waals surface area contributed by atoms with Crippen molar-refractivity contribution in [3.8, 4) is 0 Å². The van der Waals surface area contributed by atoms with Gasteiger partial charge in [-0.05, 0) is 96.3 Å². The number of aliphatic hydroxyl groups excluding tert-OH is 2. The number of nitrogens with one attached hydrogen (secondary N) is 1. The van der Waals surface area contributed by atoms with Crippen LogP contribution in [0.5, 0.6) is 0 Å². The lowest BCUT2D eigenvalue weighted by Gasteiger charge is -2.20. The summed E-state index contributed by atoms with van der Waals surface area (Å²) in [4.78, 5) is 24.5. The SMILES string of the molecule is CCCCC/C=C\C/C=C\CCCCCCCCCC(=O)OCCCCC/C=C\C=C/CCCCCCCCC(=O)NC(CO)C(O)/C=C/CCCCCCCCCCCCCCCCCCC. The number of aliphatic hydroxyl groups is 2. The van der Waals surface area contributed by atoms with Gasteiger partial charge in [0.15, 0.2) is 0 Å². The first-order valence-electron chi connectivity index (χ1n) is 29.6. The normalized spacial score (nSPS) is 13.1. The second-order valence-corrected chi connectivity index (χ2v) is 20.0. The molecule has 0 aromatic rings. The molecule has 6 heteroatoms. The summed E-state index contributed by atoms with van der Waals surface area (Å²) in [5, 5.41) is 23.1. The third-order valence-corrected chi connectivity index (χ3v) is 13.3. The van der Waals surface area contributed by atoms with Gasteiger partial charge in [0, 0.05) is 12.8 Å². The zero-order valence-electron chi connectivity index (χ0n) is 45.1. The molecule has 2 atom stereocenters. The molecule has 396 valence electrons. The minimum absolute atomic E-state index is 0.0311. The number of hydrogen-bond donors (Lipinski definition) is 3. The van der Waals surface area contributed by atoms with Crippen LogP contribution in [0.25, 0.3) is 0 Å². The fourth-order valence-corrected chi connectivity index (χ4v) is 8.71. The molecule has 0 radical (unpaired) electrons. The molecule has 0 rings (SSSR count). The molecular weight excluding hydrogens is 839 g/mol. The molecule has 0 aromatic heterocycles. The topological polar surface area (TPSA) is 95.9 Å². The van der Waals surface area contributed by atoms with E-state index >= 15 is 0 Å². The highest BCUT2D eigenvalue weighted by atomic mass is 16.5. The van der Waals surface area contributed by atoms with E-state index in [-0.39, 0.29) is 18.5 Å². The third-order valence-electron chi connectivity index (χ3n) is 13.3. The summed E-state index contributed by atoms with van der Waals surface area (Å²) in [6, 6.07) is -0.647. The average Bonchev–Trinajstić information content (AvgIpc) is 3.34. The van der Waals surface area contributed by atoms with Crippen LogP contribution < -0.4 is 5.32 Å². The lowest BCUT2D eigenvalue weighted by atomic mass is 10.0. The van der Waals surface area contributed by atoms with Crippen LogP contribution in [-0.4, -0.2) is 47.4 Å². The molecule has 0 bridgehead atoms. The zero-order valence-corrected chi connectivity index (χ0v) is 45.1. The van der Waals surface area contributed by atoms with Crippen LogP contribution in [-0.2, 0) is 14.3 Å². The molecule has 0 fully saturated rings. The standard InChI is InChI=1S/C62H113NO5/c1-3-5-7-9-11-13-15-17-19-21-22-24-26-30-34-38-42-46-50-54-60(65)59(58-64)63-61(66)55-51-47-43-39-35-31-27-25-29-33-37-41-45-49-53-57-68-62(67)56-52-48-44-40-36-32-28-23-20-18-16-14-12-10-8-6-4-2/h12,14,18,20,25,29,33,37,50,54,59-60,64-65H,3-11,13,15-17,19,21-24,26-28,30-32,34-36,38-49,51-53,55-58H2,1-2H3,(H,63,66)/b14-12-,20-18-,29-25-,37-33-,54-50+. The fourth-order valence-electron chi connectivity index (χ4n) is 8.71. The molecule has 1 amide bonds. The predicted octanol–water partition coefficient (Wildman–Crippen LogP) is 18.4. The molecule has 0 saturated heterocycles. The highest BCUT2D eigenvalue weighted by Gasteiger charge is 2.18. The Labute approximate surface area is 422 Å². The van der Waals surface area contributed by atoms with Gasteiger partial charge in [-0.2, -0.15) is 0 Å². The van der Waals surface area contributed by atoms with Crippen LogP contribution in [0.3, 0.4) is 0 Å². The number of esters is 1. The van der Waals surface area contributed by atoms with Crippen molar-refractivity contribution in [3.63, 3.8) is 0 Å². The minimum atomic E-state index is -0.861. The number of amides is 1. The van der Waals surface area contributed by atoms with Crippen molar-refractivity contribution in [1.82, 2.24) is 5.32 Å². The summed E-state index contributed by atoms with van der Waals surface area (Å²) in [7, 11) is 0. The zero-order chi connectivity index (χ0) is 49.3. The van der Waals surface area contributed by atoms with Gasteiger partial charge in [0.25, 0.3) is 0 Å². The molecule has 3 N–H and O–H groups in total. The summed E-state index contributed by atoms with van der Waals surface area (Å²) in [5.41, 5.74) is 0. The molecule has 0 aliphatic heterocycles. The molecule has 2 unspecified atom stereocenters. The fraction of sp³-hybridized carbons (Fsp3) is 0.806. The van der Waals surface area contributed by atoms with E-state index in [1.807, 2.05) is 6.08 Å². The van der Waals surface area contributed by atoms with Crippen molar-refractivity contribution >= 4 is 11.9 Å². The van der Waals surface area contributed by atoms with Gasteiger partial charge in [-0.3, -0.25) is 9.59 Å². The molecule has 0 aliphatic carbocycles. The van der Waals surface area contributed by atoms with Crippen molar-refractivity contribution < 1.29 is 24.5 Å². The lowest BCUT2D eigenvalue weighted by molar-refractivity contribution is -0.143. The van der Waals surface area contributed by atoms with Crippen LogP contribution in [0.1, 0.15) is 296 Å². The molecule has 68 heavy (non-hydrogen) atoms. The Morgan fingerprint density at radius 3 is 1.24 bits per heavy atom. The minimum Gasteiger partial charge on any atom is -0.466 e. The summed E-state index contributed by atoms with van der Waals surface area (Å²) in [5.74, 6) is -0.121. The number of carbonyl (C=O) groups excluding carboxylic acids is 2. The van der Waals surface area contributed by atoms with Crippen molar-refractivity contribution in [3.05, 3.63) is 60.8 Å². The molecular formula is C62H113NO5. The number of allylic oxidation sites excluding steroid dienone is 9. The van der Waals surface area contributed by atoms with Gasteiger partial charge in [0.2, 0.25) is 5.91 Å². The average molecular weight is 953 g/mol. The van der Waals surface area contributed by atoms with Crippen LogP contribution in [0.15, 0.2) is 60.8 Å². The van der Waals surface area contributed by atoms with E-state index < -0.39 is 12.1 Å². The number of rotatable bonds is 54. The third kappa shape index (κ3) is 52.9. The van der Waals surface area contributed by atoms with Gasteiger partial charge >= 0.3 is 5.97 Å². The largest absolute Gasteiger partial charge is 0.466 e. The summed E-state index contributed by atoms with van der Waals surface area (Å²) < 4.78 is 5.45. The number of carbonyl (C=O) groups is 2. The first-order valence-corrected chi connectivity index (χ1v) is 29.6. The van der Waals surface area contributed by atoms with Gasteiger partial charge < -0.3 is 20.3 Å². The van der Waals surface area contributed by atoms with E-state index in [0.29, 0.717) is 19.4 Å². The lowest BCUT2D eigenvalue weighted by Crippen LogP contribution is -2.45. The maximum atomic E-state index is 12.5. The van der Waals surface area contributed by atoms with E-state index in [1.165, 1.54) is 186 Å². The Morgan fingerprint density at radius 2 is 0.779 bits per heavy atom. The maximum Gasteiger partial charge on any atom is 0.305 e. The number of unbranched alkanes of at least 4 members (excludes halogenated alkanes) is 36. The predicted molar refractivity (Wildman–Crippen MR) is 296 cm³/mol. The second kappa shape index (κ2) is 57.1. The summed E-state index contributed by atoms with van der Waals surface area (Å²) >= 11 is 0. The Kier molecular flexibility index (Phi) is 55.1. The second-order valence-electron chi connectivity index (χ2n) is 20.0. The van der Waals surface area contributed by atoms with Gasteiger partial charge in [-0.25, -0.2) is 0 Å². The van der Waals surface area contributed by atoms with Crippen molar-refractivity contribution in [2.24, 2.45) is 0 Å².